The molecule has 0 bridgehead atoms. The third-order valence-corrected chi connectivity index (χ3v) is 5.86. The number of fused-ring (bicyclic) bond motifs is 1. The van der Waals surface area contributed by atoms with Crippen molar-refractivity contribution in [2.24, 2.45) is 5.73 Å². The normalized spacial score (nSPS) is 11.0. The fourth-order valence-electron chi connectivity index (χ4n) is 3.05. The number of primary amides is 1. The number of Topliss-reactive ketones (excluding diaryl/α,β-unsaturated/α-hetero) is 1. The highest BCUT2D eigenvalue weighted by atomic mass is 35.5. The van der Waals surface area contributed by atoms with Crippen molar-refractivity contribution in [3.05, 3.63) is 69.5 Å². The Morgan fingerprint density at radius 3 is 2.50 bits per heavy atom. The van der Waals surface area contributed by atoms with Crippen LogP contribution in [-0.4, -0.2) is 27.0 Å². The van der Waals surface area contributed by atoms with Crippen LogP contribution in [0.1, 0.15) is 36.0 Å². The van der Waals surface area contributed by atoms with E-state index < -0.39 is 0 Å². The first-order valence-electron chi connectivity index (χ1n) is 9.65. The first kappa shape index (κ1) is 22.1. The van der Waals surface area contributed by atoms with E-state index >= 15 is 0 Å². The van der Waals surface area contributed by atoms with Crippen LogP contribution in [0.4, 0.5) is 0 Å². The second-order valence-corrected chi connectivity index (χ2v) is 8.24. The van der Waals surface area contributed by atoms with E-state index in [0.29, 0.717) is 52.5 Å². The first-order chi connectivity index (χ1) is 14.5. The second-order valence-electron chi connectivity index (χ2n) is 6.86. The zero-order valence-electron chi connectivity index (χ0n) is 16.3. The molecular weight excluding hydrogens is 422 g/mol. The zero-order valence-corrected chi connectivity index (χ0v) is 17.9. The van der Waals surface area contributed by atoms with Crippen LogP contribution in [0.2, 0.25) is 5.02 Å². The van der Waals surface area contributed by atoms with Gasteiger partial charge in [0.15, 0.2) is 10.9 Å². The van der Waals surface area contributed by atoms with E-state index in [4.69, 9.17) is 17.3 Å². The van der Waals surface area contributed by atoms with E-state index in [-0.39, 0.29) is 23.0 Å². The van der Waals surface area contributed by atoms with E-state index in [1.165, 1.54) is 11.8 Å². The van der Waals surface area contributed by atoms with Gasteiger partial charge in [-0.1, -0.05) is 41.9 Å². The standard InChI is InChI=1S/C22H22ClN3O3S/c23-16-11-9-15(10-12-16)19(27)14-30-22-25-18-7-4-3-6-17(18)21(29)26(22)13-5-1-2-8-20(24)28/h3-4,6-7,9-12H,1-2,5,8,13-14H2,(H2,24,28). The van der Waals surface area contributed by atoms with E-state index in [1.807, 2.05) is 6.07 Å². The van der Waals surface area contributed by atoms with Gasteiger partial charge in [-0.3, -0.25) is 19.0 Å². The fourth-order valence-corrected chi connectivity index (χ4v) is 4.10. The number of nitrogens with zero attached hydrogens (tertiary/aromatic N) is 2. The van der Waals surface area contributed by atoms with Crippen molar-refractivity contribution < 1.29 is 9.59 Å². The number of para-hydroxylation sites is 1. The highest BCUT2D eigenvalue weighted by Crippen LogP contribution is 2.20. The van der Waals surface area contributed by atoms with Gasteiger partial charge in [0.2, 0.25) is 5.91 Å². The SMILES string of the molecule is NC(=O)CCCCCn1c(SCC(=O)c2ccc(Cl)cc2)nc2ccccc2c1=O. The molecule has 0 aliphatic carbocycles. The molecule has 156 valence electrons. The highest BCUT2D eigenvalue weighted by molar-refractivity contribution is 7.99. The fraction of sp³-hybridized carbons (Fsp3) is 0.273. The summed E-state index contributed by atoms with van der Waals surface area (Å²) in [7, 11) is 0. The van der Waals surface area contributed by atoms with Crippen molar-refractivity contribution in [2.75, 3.05) is 5.75 Å². The number of halogens is 1. The summed E-state index contributed by atoms with van der Waals surface area (Å²) in [4.78, 5) is 41.0. The van der Waals surface area contributed by atoms with E-state index in [0.717, 1.165) is 6.42 Å². The summed E-state index contributed by atoms with van der Waals surface area (Å²) in [5.74, 6) is -0.225. The molecule has 0 aliphatic heterocycles. The monoisotopic (exact) mass is 443 g/mol. The van der Waals surface area contributed by atoms with E-state index in [9.17, 15) is 14.4 Å². The Labute approximate surface area is 183 Å². The minimum atomic E-state index is -0.323. The lowest BCUT2D eigenvalue weighted by molar-refractivity contribution is -0.118. The summed E-state index contributed by atoms with van der Waals surface area (Å²) in [6, 6.07) is 13.9. The molecular formula is C22H22ClN3O3S. The molecule has 2 N–H and O–H groups in total. The predicted octanol–water partition coefficient (Wildman–Crippen LogP) is 4.07. The number of carbonyl (C=O) groups is 2. The van der Waals surface area contributed by atoms with Gasteiger partial charge in [0.05, 0.1) is 16.7 Å². The van der Waals surface area contributed by atoms with Crippen LogP contribution in [0.5, 0.6) is 0 Å². The molecule has 0 radical (unpaired) electrons. The maximum absolute atomic E-state index is 13.0. The van der Waals surface area contributed by atoms with Gasteiger partial charge in [-0.15, -0.1) is 0 Å². The quantitative estimate of drug-likeness (QED) is 0.220. The third kappa shape index (κ3) is 5.70. The van der Waals surface area contributed by atoms with Gasteiger partial charge in [-0.2, -0.15) is 0 Å². The lowest BCUT2D eigenvalue weighted by Gasteiger charge is -2.13. The van der Waals surface area contributed by atoms with Crippen molar-refractivity contribution in [1.82, 2.24) is 9.55 Å². The van der Waals surface area contributed by atoms with Gasteiger partial charge in [0.1, 0.15) is 0 Å². The number of rotatable bonds is 10. The number of hydrogen-bond donors (Lipinski definition) is 1. The zero-order chi connectivity index (χ0) is 21.5. The summed E-state index contributed by atoms with van der Waals surface area (Å²) >= 11 is 7.13. The number of amides is 1. The molecule has 0 unspecified atom stereocenters. The molecule has 1 aromatic heterocycles. The predicted molar refractivity (Wildman–Crippen MR) is 120 cm³/mol. The Balaban J connectivity index is 1.78. The minimum absolute atomic E-state index is 0.0629. The average molecular weight is 444 g/mol. The van der Waals surface area contributed by atoms with Crippen molar-refractivity contribution in [1.29, 1.82) is 0 Å². The summed E-state index contributed by atoms with van der Waals surface area (Å²) in [5, 5.41) is 1.62. The number of ketones is 1. The van der Waals surface area contributed by atoms with Gasteiger partial charge in [-0.05, 0) is 49.2 Å². The molecule has 3 rings (SSSR count). The van der Waals surface area contributed by atoms with Crippen LogP contribution in [0, 0.1) is 0 Å². The molecule has 0 fully saturated rings. The molecule has 0 saturated heterocycles. The Morgan fingerprint density at radius 2 is 1.77 bits per heavy atom. The molecule has 2 aromatic carbocycles. The number of benzene rings is 2. The smallest absolute Gasteiger partial charge is 0.262 e. The van der Waals surface area contributed by atoms with Gasteiger partial charge < -0.3 is 5.73 Å². The summed E-state index contributed by atoms with van der Waals surface area (Å²) < 4.78 is 1.62. The lowest BCUT2D eigenvalue weighted by atomic mass is 10.1. The van der Waals surface area contributed by atoms with Crippen LogP contribution >= 0.6 is 23.4 Å². The molecule has 30 heavy (non-hydrogen) atoms. The number of carbonyl (C=O) groups excluding carboxylic acids is 2. The average Bonchev–Trinajstić information content (AvgIpc) is 2.73. The van der Waals surface area contributed by atoms with Gasteiger partial charge >= 0.3 is 0 Å². The number of thioether (sulfide) groups is 1. The number of unbranched alkanes of at least 4 members (excludes halogenated alkanes) is 2. The Hall–Kier alpha value is -2.64. The van der Waals surface area contributed by atoms with E-state index in [2.05, 4.69) is 4.98 Å². The molecule has 0 spiro atoms. The molecule has 0 atom stereocenters. The van der Waals surface area contributed by atoms with Crippen molar-refractivity contribution in [3.63, 3.8) is 0 Å². The van der Waals surface area contributed by atoms with Crippen LogP contribution in [-0.2, 0) is 11.3 Å². The topological polar surface area (TPSA) is 95.1 Å². The number of nitrogens with two attached hydrogens (primary N) is 1. The molecule has 6 nitrogen and oxygen atoms in total. The van der Waals surface area contributed by atoms with Crippen LogP contribution < -0.4 is 11.3 Å². The number of hydrogen-bond acceptors (Lipinski definition) is 5. The molecule has 1 amide bonds. The van der Waals surface area contributed by atoms with Crippen LogP contribution in [0.3, 0.4) is 0 Å². The maximum Gasteiger partial charge on any atom is 0.262 e. The number of aromatic nitrogens is 2. The Kier molecular flexibility index (Phi) is 7.65. The molecule has 8 heteroatoms. The Morgan fingerprint density at radius 1 is 1.03 bits per heavy atom. The first-order valence-corrected chi connectivity index (χ1v) is 11.0. The summed E-state index contributed by atoms with van der Waals surface area (Å²) in [6.07, 6.45) is 2.51. The largest absolute Gasteiger partial charge is 0.370 e. The van der Waals surface area contributed by atoms with Crippen molar-refractivity contribution >= 4 is 46.0 Å². The van der Waals surface area contributed by atoms with Crippen LogP contribution in [0.25, 0.3) is 10.9 Å². The van der Waals surface area contributed by atoms with Gasteiger partial charge in [-0.25, -0.2) is 4.98 Å². The van der Waals surface area contributed by atoms with E-state index in [1.54, 1.807) is 47.0 Å². The van der Waals surface area contributed by atoms with Gasteiger partial charge in [0, 0.05) is 23.6 Å². The lowest BCUT2D eigenvalue weighted by Crippen LogP contribution is -2.24. The summed E-state index contributed by atoms with van der Waals surface area (Å²) in [5.41, 5.74) is 6.21. The minimum Gasteiger partial charge on any atom is -0.370 e. The molecule has 3 aromatic rings. The highest BCUT2D eigenvalue weighted by Gasteiger charge is 2.14. The van der Waals surface area contributed by atoms with Crippen LogP contribution in [0.15, 0.2) is 58.5 Å². The second kappa shape index (κ2) is 10.4. The third-order valence-electron chi connectivity index (χ3n) is 4.63. The molecule has 0 saturated carbocycles. The maximum atomic E-state index is 13.0. The summed E-state index contributed by atoms with van der Waals surface area (Å²) in [6.45, 7) is 0.465. The molecule has 0 aliphatic rings. The van der Waals surface area contributed by atoms with Crippen molar-refractivity contribution in [2.45, 2.75) is 37.4 Å². The Bertz CT molecular complexity index is 1110. The van der Waals surface area contributed by atoms with Gasteiger partial charge in [0.25, 0.3) is 5.56 Å². The van der Waals surface area contributed by atoms with Crippen molar-refractivity contribution in [3.8, 4) is 0 Å². The molecule has 1 heterocycles.